The zero-order chi connectivity index (χ0) is 30.6. The Morgan fingerprint density at radius 3 is 2.10 bits per heavy atom. The van der Waals surface area contributed by atoms with E-state index in [1.165, 1.54) is 6.07 Å². The van der Waals surface area contributed by atoms with Crippen molar-refractivity contribution in [2.24, 2.45) is 0 Å². The normalized spacial score (nSPS) is 20.0. The number of amides is 3. The molecule has 0 aromatic heterocycles. The number of aliphatic hydroxyl groups is 1. The van der Waals surface area contributed by atoms with Gasteiger partial charge in [-0.3, -0.25) is 14.4 Å². The number of aliphatic hydroxyl groups excluding tert-OH is 1. The molecule has 1 aliphatic heterocycles. The van der Waals surface area contributed by atoms with Gasteiger partial charge in [-0.05, 0) is 100 Å². The van der Waals surface area contributed by atoms with Crippen molar-refractivity contribution in [2.75, 3.05) is 40.8 Å². The van der Waals surface area contributed by atoms with Crippen molar-refractivity contribution in [3.8, 4) is 22.6 Å². The Bertz CT molecular complexity index is 1220. The number of benzene rings is 2. The lowest BCUT2D eigenvalue weighted by Crippen LogP contribution is -2.57. The Hall–Kier alpha value is -3.71. The van der Waals surface area contributed by atoms with Gasteiger partial charge in [-0.1, -0.05) is 12.1 Å². The number of carbonyl (C=O) groups is 3. The van der Waals surface area contributed by atoms with Crippen molar-refractivity contribution in [1.82, 2.24) is 31.9 Å². The summed E-state index contributed by atoms with van der Waals surface area (Å²) < 4.78 is 0. The third-order valence-corrected chi connectivity index (χ3v) is 7.50. The molecule has 1 heterocycles. The highest BCUT2D eigenvalue weighted by molar-refractivity contribution is 5.93. The van der Waals surface area contributed by atoms with Gasteiger partial charge in [0.15, 0.2) is 0 Å². The number of aromatic hydroxyl groups is 2. The predicted molar refractivity (Wildman–Crippen MR) is 160 cm³/mol. The second kappa shape index (κ2) is 16.1. The summed E-state index contributed by atoms with van der Waals surface area (Å²) in [5.74, 6) is -1.50. The number of hydrogen-bond acceptors (Lipinski definition) is 9. The Kier molecular flexibility index (Phi) is 12.5. The molecule has 0 radical (unpaired) electrons. The van der Waals surface area contributed by atoms with E-state index in [4.69, 9.17) is 0 Å². The van der Waals surface area contributed by atoms with Gasteiger partial charge in [0.2, 0.25) is 17.7 Å². The molecule has 230 valence electrons. The number of nitrogens with one attached hydrogen (secondary N) is 6. The van der Waals surface area contributed by atoms with Crippen molar-refractivity contribution in [1.29, 1.82) is 0 Å². The predicted octanol–water partition coefficient (Wildman–Crippen LogP) is -0.493. The summed E-state index contributed by atoms with van der Waals surface area (Å²) in [6.45, 7) is 0.891. The van der Waals surface area contributed by atoms with Crippen LogP contribution in [0.5, 0.6) is 11.5 Å². The van der Waals surface area contributed by atoms with Crippen LogP contribution in [-0.4, -0.2) is 98.0 Å². The molecule has 1 aliphatic rings. The average molecular weight is 585 g/mol. The van der Waals surface area contributed by atoms with Gasteiger partial charge < -0.3 is 47.2 Å². The molecule has 2 aromatic rings. The van der Waals surface area contributed by atoms with Crippen LogP contribution in [0, 0.1) is 0 Å². The molecule has 0 saturated carbocycles. The molecule has 12 nitrogen and oxygen atoms in total. The van der Waals surface area contributed by atoms with Crippen LogP contribution in [-0.2, 0) is 27.2 Å². The summed E-state index contributed by atoms with van der Waals surface area (Å²) in [6, 6.07) is 6.73. The topological polar surface area (TPSA) is 184 Å². The largest absolute Gasteiger partial charge is 0.508 e. The standard InChI is InChI=1S/C30H44N6O6/c1-31-11-4-5-23-28(40)36-25(30(42)34-22(17-37)10-12-32-2)16-21-14-19(7-9-27(21)39)18-6-8-26(38)20(13-18)15-24(33-3)29(41)35-23/h6-9,13-14,22-25,31-33,37-39H,4-5,10-12,15-17H2,1-3H3,(H,34,42)(H,35,41)(H,36,40)/t22-,23-,24-,25-/m0/s1. The second-order valence-corrected chi connectivity index (χ2v) is 10.6. The van der Waals surface area contributed by atoms with E-state index in [-0.39, 0.29) is 30.9 Å². The van der Waals surface area contributed by atoms with Crippen LogP contribution in [0.2, 0.25) is 0 Å². The van der Waals surface area contributed by atoms with Crippen LogP contribution in [0.15, 0.2) is 36.4 Å². The maximum Gasteiger partial charge on any atom is 0.243 e. The van der Waals surface area contributed by atoms with E-state index in [0.29, 0.717) is 43.5 Å². The summed E-state index contributed by atoms with van der Waals surface area (Å²) in [5.41, 5.74) is 2.44. The third-order valence-electron chi connectivity index (χ3n) is 7.50. The van der Waals surface area contributed by atoms with Crippen LogP contribution in [0.25, 0.3) is 11.1 Å². The fraction of sp³-hybridized carbons (Fsp3) is 0.500. The van der Waals surface area contributed by atoms with Gasteiger partial charge in [-0.25, -0.2) is 0 Å². The minimum Gasteiger partial charge on any atom is -0.508 e. The highest BCUT2D eigenvalue weighted by Gasteiger charge is 2.30. The van der Waals surface area contributed by atoms with E-state index in [1.54, 1.807) is 51.5 Å². The quantitative estimate of drug-likeness (QED) is 0.157. The maximum absolute atomic E-state index is 13.6. The first-order valence-corrected chi connectivity index (χ1v) is 14.3. The molecule has 0 spiro atoms. The fourth-order valence-electron chi connectivity index (χ4n) is 4.96. The SMILES string of the molecule is CNCCC[C@@H]1NC(=O)[C@@H](NC)Cc2cc(ccc2O)-c2ccc(O)c(c2)C[C@@H](C(=O)N[C@H](CO)CCNC)NC1=O. The monoisotopic (exact) mass is 584 g/mol. The summed E-state index contributed by atoms with van der Waals surface area (Å²) in [5, 5.41) is 48.6. The number of rotatable bonds is 11. The molecule has 2 aromatic carbocycles. The highest BCUT2D eigenvalue weighted by Crippen LogP contribution is 2.31. The minimum absolute atomic E-state index is 0.0341. The third kappa shape index (κ3) is 8.89. The lowest BCUT2D eigenvalue weighted by atomic mass is 9.95. The van der Waals surface area contributed by atoms with Gasteiger partial charge in [0.05, 0.1) is 18.7 Å². The van der Waals surface area contributed by atoms with Gasteiger partial charge in [-0.2, -0.15) is 0 Å². The summed E-state index contributed by atoms with van der Waals surface area (Å²) in [4.78, 5) is 40.5. The number of fused-ring (bicyclic) bond motifs is 5. The van der Waals surface area contributed by atoms with Gasteiger partial charge in [0.1, 0.15) is 23.6 Å². The Labute approximate surface area is 246 Å². The zero-order valence-electron chi connectivity index (χ0n) is 24.5. The number of carbonyl (C=O) groups excluding carboxylic acids is 3. The fourth-order valence-corrected chi connectivity index (χ4v) is 4.96. The van der Waals surface area contributed by atoms with Crippen LogP contribution >= 0.6 is 0 Å². The molecule has 0 aliphatic carbocycles. The number of likely N-dealkylation sites (N-methyl/N-ethyl adjacent to an activating group) is 1. The van der Waals surface area contributed by atoms with Gasteiger partial charge in [-0.15, -0.1) is 0 Å². The summed E-state index contributed by atoms with van der Waals surface area (Å²) in [6.07, 6.45) is 1.49. The van der Waals surface area contributed by atoms with E-state index < -0.39 is 41.9 Å². The second-order valence-electron chi connectivity index (χ2n) is 10.6. The van der Waals surface area contributed by atoms with Crippen LogP contribution in [0.3, 0.4) is 0 Å². The first kappa shape index (κ1) is 32.8. The maximum atomic E-state index is 13.6. The molecule has 3 amide bonds. The minimum atomic E-state index is -1.11. The van der Waals surface area contributed by atoms with E-state index in [0.717, 1.165) is 11.1 Å². The van der Waals surface area contributed by atoms with Gasteiger partial charge >= 0.3 is 0 Å². The highest BCUT2D eigenvalue weighted by atomic mass is 16.3. The molecule has 4 atom stereocenters. The smallest absolute Gasteiger partial charge is 0.243 e. The number of phenolic OH excluding ortho intramolecular Hbond substituents is 2. The van der Waals surface area contributed by atoms with Crippen LogP contribution in [0.4, 0.5) is 0 Å². The molecule has 0 fully saturated rings. The van der Waals surface area contributed by atoms with Crippen molar-refractivity contribution in [2.45, 2.75) is 56.3 Å². The molecule has 9 N–H and O–H groups in total. The van der Waals surface area contributed by atoms with E-state index in [9.17, 15) is 29.7 Å². The van der Waals surface area contributed by atoms with Crippen molar-refractivity contribution >= 4 is 17.7 Å². The van der Waals surface area contributed by atoms with Crippen LogP contribution in [0.1, 0.15) is 30.4 Å². The first-order chi connectivity index (χ1) is 20.2. The Morgan fingerprint density at radius 2 is 1.52 bits per heavy atom. The Morgan fingerprint density at radius 1 is 0.905 bits per heavy atom. The lowest BCUT2D eigenvalue weighted by molar-refractivity contribution is -0.133. The first-order valence-electron chi connectivity index (χ1n) is 14.3. The summed E-state index contributed by atoms with van der Waals surface area (Å²) in [7, 11) is 5.19. The Balaban J connectivity index is 2.07. The number of phenols is 2. The molecular weight excluding hydrogens is 540 g/mol. The van der Waals surface area contributed by atoms with Gasteiger partial charge in [0, 0.05) is 12.8 Å². The zero-order valence-corrected chi connectivity index (χ0v) is 24.5. The van der Waals surface area contributed by atoms with E-state index in [2.05, 4.69) is 31.9 Å². The van der Waals surface area contributed by atoms with Gasteiger partial charge in [0.25, 0.3) is 0 Å². The van der Waals surface area contributed by atoms with Crippen LogP contribution < -0.4 is 31.9 Å². The molecule has 0 unspecified atom stereocenters. The molecule has 3 rings (SSSR count). The van der Waals surface area contributed by atoms with Crippen molar-refractivity contribution in [3.63, 3.8) is 0 Å². The average Bonchev–Trinajstić information content (AvgIpc) is 2.98. The van der Waals surface area contributed by atoms with Crippen molar-refractivity contribution < 1.29 is 29.7 Å². The van der Waals surface area contributed by atoms with E-state index in [1.807, 2.05) is 0 Å². The molecular formula is C30H44N6O6. The molecule has 42 heavy (non-hydrogen) atoms. The van der Waals surface area contributed by atoms with E-state index >= 15 is 0 Å². The summed E-state index contributed by atoms with van der Waals surface area (Å²) >= 11 is 0. The molecule has 0 saturated heterocycles. The van der Waals surface area contributed by atoms with Crippen molar-refractivity contribution in [3.05, 3.63) is 47.5 Å². The lowest BCUT2D eigenvalue weighted by Gasteiger charge is -2.26. The molecule has 12 heteroatoms. The molecule has 4 bridgehead atoms. The number of hydrogen-bond donors (Lipinski definition) is 9.